The smallest absolute Gasteiger partial charge is 0.129 e. The van der Waals surface area contributed by atoms with Gasteiger partial charge in [0.2, 0.25) is 0 Å². The first-order valence-corrected chi connectivity index (χ1v) is 7.35. The highest BCUT2D eigenvalue weighted by Gasteiger charge is 2.20. The van der Waals surface area contributed by atoms with Crippen LogP contribution in [0.4, 0.5) is 5.82 Å². The highest BCUT2D eigenvalue weighted by atomic mass is 79.9. The molecule has 21 heavy (non-hydrogen) atoms. The van der Waals surface area contributed by atoms with Crippen molar-refractivity contribution in [3.63, 3.8) is 0 Å². The number of anilines is 1. The Bertz CT molecular complexity index is 816. The molecule has 1 aromatic carbocycles. The van der Waals surface area contributed by atoms with Crippen molar-refractivity contribution in [1.29, 1.82) is 0 Å². The van der Waals surface area contributed by atoms with E-state index in [0.29, 0.717) is 5.82 Å². The number of benzene rings is 1. The molecular formula is C15H16BrN5. The molecule has 0 atom stereocenters. The second-order valence-corrected chi connectivity index (χ2v) is 5.96. The topological polar surface area (TPSA) is 61.7 Å². The van der Waals surface area contributed by atoms with Crippen molar-refractivity contribution in [2.24, 2.45) is 14.1 Å². The van der Waals surface area contributed by atoms with Gasteiger partial charge in [-0.2, -0.15) is 10.2 Å². The summed E-state index contributed by atoms with van der Waals surface area (Å²) in [5, 5.41) is 8.98. The first-order chi connectivity index (χ1) is 9.97. The van der Waals surface area contributed by atoms with E-state index in [1.165, 1.54) is 0 Å². The molecule has 0 bridgehead atoms. The Morgan fingerprint density at radius 3 is 2.57 bits per heavy atom. The van der Waals surface area contributed by atoms with Crippen LogP contribution in [0.3, 0.4) is 0 Å². The van der Waals surface area contributed by atoms with E-state index in [9.17, 15) is 0 Å². The number of hydrogen-bond acceptors (Lipinski definition) is 3. The Hall–Kier alpha value is -2.08. The zero-order valence-corrected chi connectivity index (χ0v) is 13.7. The van der Waals surface area contributed by atoms with E-state index in [1.54, 1.807) is 9.36 Å². The molecule has 0 fully saturated rings. The molecule has 0 amide bonds. The maximum Gasteiger partial charge on any atom is 0.129 e. The van der Waals surface area contributed by atoms with Crippen molar-refractivity contribution in [3.05, 3.63) is 40.6 Å². The van der Waals surface area contributed by atoms with Crippen molar-refractivity contribution < 1.29 is 0 Å². The van der Waals surface area contributed by atoms with E-state index in [-0.39, 0.29) is 0 Å². The third kappa shape index (κ3) is 2.35. The number of aromatic nitrogens is 4. The van der Waals surface area contributed by atoms with Crippen LogP contribution >= 0.6 is 15.9 Å². The van der Waals surface area contributed by atoms with Crippen LogP contribution in [0.5, 0.6) is 0 Å². The van der Waals surface area contributed by atoms with Crippen LogP contribution in [0, 0.1) is 6.92 Å². The number of nitrogen functional groups attached to an aromatic ring is 1. The van der Waals surface area contributed by atoms with Gasteiger partial charge < -0.3 is 5.73 Å². The summed E-state index contributed by atoms with van der Waals surface area (Å²) in [5.41, 5.74) is 11.0. The molecule has 0 saturated carbocycles. The van der Waals surface area contributed by atoms with Gasteiger partial charge in [-0.3, -0.25) is 9.36 Å². The van der Waals surface area contributed by atoms with Gasteiger partial charge in [-0.15, -0.1) is 0 Å². The van der Waals surface area contributed by atoms with Crippen LogP contribution in [0.2, 0.25) is 0 Å². The number of hydrogen-bond donors (Lipinski definition) is 1. The lowest BCUT2D eigenvalue weighted by atomic mass is 10.0. The van der Waals surface area contributed by atoms with Crippen LogP contribution in [0.15, 0.2) is 34.9 Å². The molecule has 0 spiro atoms. The average Bonchev–Trinajstić information content (AvgIpc) is 2.90. The minimum Gasteiger partial charge on any atom is -0.383 e. The van der Waals surface area contributed by atoms with Crippen molar-refractivity contribution in [2.45, 2.75) is 6.92 Å². The number of halogens is 1. The fraction of sp³-hybridized carbons (Fsp3) is 0.200. The fourth-order valence-corrected chi connectivity index (χ4v) is 2.89. The molecule has 2 heterocycles. The first-order valence-electron chi connectivity index (χ1n) is 6.56. The predicted octanol–water partition coefficient (Wildman–Crippen LogP) is 3.14. The average molecular weight is 346 g/mol. The van der Waals surface area contributed by atoms with Gasteiger partial charge in [0.25, 0.3) is 0 Å². The summed E-state index contributed by atoms with van der Waals surface area (Å²) in [6, 6.07) is 8.06. The Morgan fingerprint density at radius 1 is 1.19 bits per heavy atom. The standard InChI is InChI=1S/C15H16BrN5/c1-9-12(8-20(2)18-9)14-13(15(17)21(3)19-14)10-5-4-6-11(16)7-10/h4-8H,17H2,1-3H3. The minimum absolute atomic E-state index is 0.645. The van der Waals surface area contributed by atoms with Crippen LogP contribution in [-0.2, 0) is 14.1 Å². The van der Waals surface area contributed by atoms with E-state index in [2.05, 4.69) is 26.1 Å². The largest absolute Gasteiger partial charge is 0.383 e. The van der Waals surface area contributed by atoms with Crippen molar-refractivity contribution in [2.75, 3.05) is 5.73 Å². The minimum atomic E-state index is 0.645. The fourth-order valence-electron chi connectivity index (χ4n) is 2.49. The molecule has 0 aliphatic carbocycles. The monoisotopic (exact) mass is 345 g/mol. The highest BCUT2D eigenvalue weighted by molar-refractivity contribution is 9.10. The SMILES string of the molecule is Cc1nn(C)cc1-c1nn(C)c(N)c1-c1cccc(Br)c1. The first kappa shape index (κ1) is 13.9. The van der Waals surface area contributed by atoms with Crippen LogP contribution in [-0.4, -0.2) is 19.6 Å². The van der Waals surface area contributed by atoms with Gasteiger partial charge in [0.15, 0.2) is 0 Å². The van der Waals surface area contributed by atoms with Gasteiger partial charge in [0.05, 0.1) is 11.3 Å². The van der Waals surface area contributed by atoms with Gasteiger partial charge in [-0.1, -0.05) is 28.1 Å². The Balaban J connectivity index is 2.28. The van der Waals surface area contributed by atoms with Crippen molar-refractivity contribution >= 4 is 21.7 Å². The molecule has 2 aromatic heterocycles. The predicted molar refractivity (Wildman–Crippen MR) is 87.7 cm³/mol. The third-order valence-corrected chi connectivity index (χ3v) is 3.97. The molecule has 0 aliphatic heterocycles. The second-order valence-electron chi connectivity index (χ2n) is 5.04. The lowest BCUT2D eigenvalue weighted by Gasteiger charge is -2.04. The number of rotatable bonds is 2. The normalized spacial score (nSPS) is 11.0. The summed E-state index contributed by atoms with van der Waals surface area (Å²) in [6.07, 6.45) is 1.97. The molecule has 3 aromatic rings. The van der Waals surface area contributed by atoms with E-state index < -0.39 is 0 Å². The van der Waals surface area contributed by atoms with Crippen LogP contribution in [0.25, 0.3) is 22.4 Å². The molecule has 0 radical (unpaired) electrons. The summed E-state index contributed by atoms with van der Waals surface area (Å²) in [5.74, 6) is 0.645. The maximum atomic E-state index is 6.24. The molecule has 0 aliphatic rings. The molecule has 6 heteroatoms. The quantitative estimate of drug-likeness (QED) is 0.775. The lowest BCUT2D eigenvalue weighted by molar-refractivity contribution is 0.756. The molecule has 0 saturated heterocycles. The summed E-state index contributed by atoms with van der Waals surface area (Å²) in [7, 11) is 3.76. The Labute approximate surface area is 131 Å². The van der Waals surface area contributed by atoms with Crippen LogP contribution < -0.4 is 5.73 Å². The van der Waals surface area contributed by atoms with Crippen LogP contribution in [0.1, 0.15) is 5.69 Å². The van der Waals surface area contributed by atoms with Crippen molar-refractivity contribution in [1.82, 2.24) is 19.6 Å². The number of nitrogens with two attached hydrogens (primary N) is 1. The second kappa shape index (κ2) is 5.04. The van der Waals surface area contributed by atoms with Crippen molar-refractivity contribution in [3.8, 4) is 22.4 Å². The van der Waals surface area contributed by atoms with E-state index >= 15 is 0 Å². The molecule has 5 nitrogen and oxygen atoms in total. The van der Waals surface area contributed by atoms with Gasteiger partial charge in [-0.05, 0) is 24.6 Å². The molecule has 0 unspecified atom stereocenters. The summed E-state index contributed by atoms with van der Waals surface area (Å²) in [6.45, 7) is 1.98. The van der Waals surface area contributed by atoms with Gasteiger partial charge in [0.1, 0.15) is 11.5 Å². The zero-order valence-electron chi connectivity index (χ0n) is 12.1. The highest BCUT2D eigenvalue weighted by Crippen LogP contribution is 2.37. The summed E-state index contributed by atoms with van der Waals surface area (Å²) < 4.78 is 4.51. The van der Waals surface area contributed by atoms with Gasteiger partial charge in [0, 0.05) is 30.3 Å². The van der Waals surface area contributed by atoms with E-state index in [1.807, 2.05) is 51.5 Å². The maximum absolute atomic E-state index is 6.24. The zero-order chi connectivity index (χ0) is 15.1. The van der Waals surface area contributed by atoms with E-state index in [0.717, 1.165) is 32.6 Å². The molecule has 3 rings (SSSR count). The Morgan fingerprint density at radius 2 is 1.95 bits per heavy atom. The third-order valence-electron chi connectivity index (χ3n) is 3.47. The number of aryl methyl sites for hydroxylation is 3. The Kier molecular flexibility index (Phi) is 3.33. The summed E-state index contributed by atoms with van der Waals surface area (Å²) in [4.78, 5) is 0. The summed E-state index contributed by atoms with van der Waals surface area (Å²) >= 11 is 3.51. The number of nitrogens with zero attached hydrogens (tertiary/aromatic N) is 4. The van der Waals surface area contributed by atoms with E-state index in [4.69, 9.17) is 5.73 Å². The molecular weight excluding hydrogens is 330 g/mol. The van der Waals surface area contributed by atoms with Gasteiger partial charge in [-0.25, -0.2) is 0 Å². The molecule has 2 N–H and O–H groups in total. The lowest BCUT2D eigenvalue weighted by Crippen LogP contribution is -1.97. The molecule has 108 valence electrons. The van der Waals surface area contributed by atoms with Gasteiger partial charge >= 0.3 is 0 Å².